The monoisotopic (exact) mass is 317 g/mol. The Bertz CT molecular complexity index is 691. The summed E-state index contributed by atoms with van der Waals surface area (Å²) in [4.78, 5) is 11.1. The summed E-state index contributed by atoms with van der Waals surface area (Å²) >= 11 is 1.29. The molecule has 1 atom stereocenters. The summed E-state index contributed by atoms with van der Waals surface area (Å²) in [5.41, 5.74) is 6.86. The number of carbonyl (C=O) groups is 1. The van der Waals surface area contributed by atoms with Crippen molar-refractivity contribution in [3.63, 3.8) is 0 Å². The van der Waals surface area contributed by atoms with E-state index < -0.39 is 0 Å². The zero-order chi connectivity index (χ0) is 15.5. The number of nitrogens with zero attached hydrogens (tertiary/aromatic N) is 2. The fourth-order valence-corrected chi connectivity index (χ4v) is 2.69. The van der Waals surface area contributed by atoms with Crippen molar-refractivity contribution in [2.75, 3.05) is 13.2 Å². The molecule has 1 aromatic heterocycles. The van der Waals surface area contributed by atoms with E-state index in [1.807, 2.05) is 30.3 Å². The number of ether oxygens (including phenoxy) is 2. The minimum Gasteiger partial charge on any atom is -0.486 e. The second-order valence-corrected chi connectivity index (χ2v) is 6.14. The van der Waals surface area contributed by atoms with Gasteiger partial charge >= 0.3 is 0 Å². The number of amides is 1. The van der Waals surface area contributed by atoms with Gasteiger partial charge in [-0.25, -0.2) is 0 Å². The second kappa shape index (κ2) is 6.23. The first kappa shape index (κ1) is 14.6. The summed E-state index contributed by atoms with van der Waals surface area (Å²) in [5, 5.41) is 8.63. The van der Waals surface area contributed by atoms with Crippen molar-refractivity contribution < 1.29 is 14.3 Å². The molecule has 0 saturated carbocycles. The lowest BCUT2D eigenvalue weighted by Crippen LogP contribution is -2.22. The zero-order valence-corrected chi connectivity index (χ0v) is 12.8. The largest absolute Gasteiger partial charge is 0.486 e. The highest BCUT2D eigenvalue weighted by Crippen LogP contribution is 2.34. The standard InChI is InChI=1S/C15H15N3O3S/c1-9(15(16)19)22-14-5-3-11(17-18-14)10-2-4-12-13(8-10)21-7-6-20-12/h2-5,8-9H,6-7H2,1H3,(H2,16,19)/t9-/m0/s1. The third-order valence-corrected chi connectivity index (χ3v) is 4.22. The number of rotatable bonds is 4. The van der Waals surface area contributed by atoms with E-state index >= 15 is 0 Å². The SMILES string of the molecule is C[C@H](Sc1ccc(-c2ccc3c(c2)OCCO3)nn1)C(N)=O. The predicted octanol–water partition coefficient (Wildman–Crippen LogP) is 1.88. The molecule has 0 aliphatic carbocycles. The van der Waals surface area contributed by atoms with Gasteiger partial charge in [0.15, 0.2) is 11.5 Å². The van der Waals surface area contributed by atoms with E-state index in [1.54, 1.807) is 6.92 Å². The Kier molecular flexibility index (Phi) is 4.15. The summed E-state index contributed by atoms with van der Waals surface area (Å²) in [6, 6.07) is 9.34. The van der Waals surface area contributed by atoms with Gasteiger partial charge in [0.2, 0.25) is 5.91 Å². The highest BCUT2D eigenvalue weighted by atomic mass is 32.2. The Morgan fingerprint density at radius 3 is 2.64 bits per heavy atom. The topological polar surface area (TPSA) is 87.3 Å². The Morgan fingerprint density at radius 2 is 1.95 bits per heavy atom. The third-order valence-electron chi connectivity index (χ3n) is 3.18. The smallest absolute Gasteiger partial charge is 0.230 e. The average molecular weight is 317 g/mol. The molecule has 2 heterocycles. The molecule has 1 aromatic carbocycles. The fourth-order valence-electron chi connectivity index (χ4n) is 1.98. The van der Waals surface area contributed by atoms with Gasteiger partial charge in [0.05, 0.1) is 10.9 Å². The second-order valence-electron chi connectivity index (χ2n) is 4.78. The maximum atomic E-state index is 11.1. The molecule has 2 N–H and O–H groups in total. The number of aromatic nitrogens is 2. The number of primary amides is 1. The summed E-state index contributed by atoms with van der Waals surface area (Å²) in [5.74, 6) is 1.08. The van der Waals surface area contributed by atoms with E-state index in [4.69, 9.17) is 15.2 Å². The minimum atomic E-state index is -0.372. The molecule has 7 heteroatoms. The van der Waals surface area contributed by atoms with Gasteiger partial charge in [-0.2, -0.15) is 0 Å². The van der Waals surface area contributed by atoms with Crippen LogP contribution in [0.15, 0.2) is 35.4 Å². The van der Waals surface area contributed by atoms with Crippen molar-refractivity contribution in [2.24, 2.45) is 5.73 Å². The highest BCUT2D eigenvalue weighted by Gasteiger charge is 2.14. The molecule has 22 heavy (non-hydrogen) atoms. The molecular weight excluding hydrogens is 302 g/mol. The third kappa shape index (κ3) is 3.14. The minimum absolute atomic E-state index is 0.338. The van der Waals surface area contributed by atoms with E-state index in [0.29, 0.717) is 24.0 Å². The van der Waals surface area contributed by atoms with Gasteiger partial charge in [-0.15, -0.1) is 10.2 Å². The van der Waals surface area contributed by atoms with E-state index in [1.165, 1.54) is 11.8 Å². The molecule has 0 radical (unpaired) electrons. The molecule has 114 valence electrons. The number of hydrogen-bond acceptors (Lipinski definition) is 6. The predicted molar refractivity (Wildman–Crippen MR) is 83.0 cm³/mol. The molecule has 6 nitrogen and oxygen atoms in total. The van der Waals surface area contributed by atoms with Crippen LogP contribution in [0.2, 0.25) is 0 Å². The molecule has 0 unspecified atom stereocenters. The van der Waals surface area contributed by atoms with Gasteiger partial charge in [0.25, 0.3) is 0 Å². The molecule has 0 bridgehead atoms. The molecule has 1 aliphatic rings. The van der Waals surface area contributed by atoms with Crippen LogP contribution in [0.3, 0.4) is 0 Å². The van der Waals surface area contributed by atoms with Gasteiger partial charge < -0.3 is 15.2 Å². The van der Waals surface area contributed by atoms with Gasteiger partial charge in [0.1, 0.15) is 18.2 Å². The number of fused-ring (bicyclic) bond motifs is 1. The molecule has 1 amide bonds. The van der Waals surface area contributed by atoms with E-state index in [-0.39, 0.29) is 11.2 Å². The Hall–Kier alpha value is -2.28. The first-order valence-electron chi connectivity index (χ1n) is 6.83. The summed E-state index contributed by atoms with van der Waals surface area (Å²) in [6.45, 7) is 2.85. The quantitative estimate of drug-likeness (QED) is 0.866. The van der Waals surface area contributed by atoms with E-state index in [0.717, 1.165) is 17.0 Å². The van der Waals surface area contributed by atoms with E-state index in [2.05, 4.69) is 10.2 Å². The van der Waals surface area contributed by atoms with Crippen molar-refractivity contribution >= 4 is 17.7 Å². The van der Waals surface area contributed by atoms with Gasteiger partial charge in [0, 0.05) is 5.56 Å². The summed E-state index contributed by atoms with van der Waals surface area (Å²) in [7, 11) is 0. The van der Waals surface area contributed by atoms with Crippen molar-refractivity contribution in [3.05, 3.63) is 30.3 Å². The van der Waals surface area contributed by atoms with Crippen LogP contribution in [-0.4, -0.2) is 34.6 Å². The summed E-state index contributed by atoms with van der Waals surface area (Å²) in [6.07, 6.45) is 0. The number of thioether (sulfide) groups is 1. The zero-order valence-electron chi connectivity index (χ0n) is 12.0. The first-order valence-corrected chi connectivity index (χ1v) is 7.71. The summed E-state index contributed by atoms with van der Waals surface area (Å²) < 4.78 is 11.1. The highest BCUT2D eigenvalue weighted by molar-refractivity contribution is 8.00. The lowest BCUT2D eigenvalue weighted by atomic mass is 10.1. The van der Waals surface area contributed by atoms with E-state index in [9.17, 15) is 4.79 Å². The van der Waals surface area contributed by atoms with Gasteiger partial charge in [-0.3, -0.25) is 4.79 Å². The number of hydrogen-bond donors (Lipinski definition) is 1. The van der Waals surface area contributed by atoms with Crippen molar-refractivity contribution in [1.82, 2.24) is 10.2 Å². The molecule has 0 saturated heterocycles. The lowest BCUT2D eigenvalue weighted by molar-refractivity contribution is -0.117. The Labute approximate surface area is 132 Å². The molecule has 0 spiro atoms. The molecular formula is C15H15N3O3S. The van der Waals surface area contributed by atoms with Gasteiger partial charge in [-0.05, 0) is 37.3 Å². The molecule has 3 rings (SSSR count). The maximum Gasteiger partial charge on any atom is 0.230 e. The maximum absolute atomic E-state index is 11.1. The van der Waals surface area contributed by atoms with Crippen molar-refractivity contribution in [3.8, 4) is 22.8 Å². The lowest BCUT2D eigenvalue weighted by Gasteiger charge is -2.18. The number of benzene rings is 1. The van der Waals surface area contributed by atoms with Crippen LogP contribution in [0.4, 0.5) is 0 Å². The van der Waals surface area contributed by atoms with Crippen LogP contribution in [0.1, 0.15) is 6.92 Å². The van der Waals surface area contributed by atoms with Crippen LogP contribution in [0, 0.1) is 0 Å². The molecule has 2 aromatic rings. The van der Waals surface area contributed by atoms with Crippen LogP contribution in [0.25, 0.3) is 11.3 Å². The van der Waals surface area contributed by atoms with Gasteiger partial charge in [-0.1, -0.05) is 11.8 Å². The average Bonchev–Trinajstić information content (AvgIpc) is 2.55. The normalized spacial score (nSPS) is 14.4. The van der Waals surface area contributed by atoms with Crippen LogP contribution in [0.5, 0.6) is 11.5 Å². The van der Waals surface area contributed by atoms with Crippen molar-refractivity contribution in [2.45, 2.75) is 17.2 Å². The fraction of sp³-hybridized carbons (Fsp3) is 0.267. The Balaban J connectivity index is 1.79. The number of nitrogens with two attached hydrogens (primary N) is 1. The van der Waals surface area contributed by atoms with Crippen LogP contribution < -0.4 is 15.2 Å². The Morgan fingerprint density at radius 1 is 1.18 bits per heavy atom. The molecule has 0 fully saturated rings. The van der Waals surface area contributed by atoms with Crippen molar-refractivity contribution in [1.29, 1.82) is 0 Å². The number of carbonyl (C=O) groups excluding carboxylic acids is 1. The molecule has 1 aliphatic heterocycles. The first-order chi connectivity index (χ1) is 10.6. The van der Waals surface area contributed by atoms with Crippen LogP contribution in [-0.2, 0) is 4.79 Å². The van der Waals surface area contributed by atoms with Crippen LogP contribution >= 0.6 is 11.8 Å².